The van der Waals surface area contributed by atoms with Gasteiger partial charge in [-0.3, -0.25) is 4.79 Å². The Morgan fingerprint density at radius 3 is 1.93 bits per heavy atom. The van der Waals surface area contributed by atoms with Crippen LogP contribution in [-0.2, 0) is 0 Å². The van der Waals surface area contributed by atoms with E-state index in [1.54, 1.807) is 0 Å². The summed E-state index contributed by atoms with van der Waals surface area (Å²) in [6.07, 6.45) is 0. The average molecular weight is 401 g/mol. The molecular formula is C25H28N4O. The number of carbonyl (C=O) groups is 1. The quantitative estimate of drug-likeness (QED) is 0.656. The van der Waals surface area contributed by atoms with Gasteiger partial charge in [0, 0.05) is 48.6 Å². The summed E-state index contributed by atoms with van der Waals surface area (Å²) in [4.78, 5) is 26.7. The summed E-state index contributed by atoms with van der Waals surface area (Å²) in [6.45, 7) is 11.1. The highest BCUT2D eigenvalue weighted by molar-refractivity contribution is 5.94. The average Bonchev–Trinajstić information content (AvgIpc) is 2.76. The highest BCUT2D eigenvalue weighted by atomic mass is 16.2. The second kappa shape index (κ2) is 8.27. The molecule has 0 N–H and O–H groups in total. The number of anilines is 1. The van der Waals surface area contributed by atoms with Crippen LogP contribution in [-0.4, -0.2) is 47.0 Å². The van der Waals surface area contributed by atoms with Gasteiger partial charge >= 0.3 is 0 Å². The molecule has 0 radical (unpaired) electrons. The van der Waals surface area contributed by atoms with Gasteiger partial charge in [0.05, 0.1) is 0 Å². The molecule has 0 spiro atoms. The Labute approximate surface area is 178 Å². The van der Waals surface area contributed by atoms with E-state index in [-0.39, 0.29) is 5.91 Å². The Bertz CT molecular complexity index is 1050. The van der Waals surface area contributed by atoms with Crippen LogP contribution in [0, 0.1) is 27.7 Å². The van der Waals surface area contributed by atoms with Crippen molar-refractivity contribution in [1.82, 2.24) is 14.9 Å². The second-order valence-corrected chi connectivity index (χ2v) is 8.09. The summed E-state index contributed by atoms with van der Waals surface area (Å²) in [6, 6.07) is 16.1. The number of hydrogen-bond donors (Lipinski definition) is 0. The number of aromatic nitrogens is 2. The first-order chi connectivity index (χ1) is 14.4. The molecule has 0 saturated carbocycles. The SMILES string of the molecule is Cc1ccc(C(=O)N2CCN(c3nc(-c4ccc(C)cc4)nc(C)c3C)CC2)cc1. The molecule has 1 saturated heterocycles. The zero-order valence-electron chi connectivity index (χ0n) is 18.1. The molecule has 1 amide bonds. The maximum Gasteiger partial charge on any atom is 0.253 e. The van der Waals surface area contributed by atoms with Crippen LogP contribution in [0.4, 0.5) is 5.82 Å². The predicted octanol–water partition coefficient (Wildman–Crippen LogP) is 4.34. The van der Waals surface area contributed by atoms with Gasteiger partial charge in [-0.05, 0) is 39.8 Å². The summed E-state index contributed by atoms with van der Waals surface area (Å²) in [5.74, 6) is 1.83. The number of carbonyl (C=O) groups excluding carboxylic acids is 1. The van der Waals surface area contributed by atoms with E-state index in [1.807, 2.05) is 43.0 Å². The van der Waals surface area contributed by atoms with Gasteiger partial charge in [0.25, 0.3) is 5.91 Å². The third-order valence-electron chi connectivity index (χ3n) is 5.84. The third kappa shape index (κ3) is 4.06. The van der Waals surface area contributed by atoms with Gasteiger partial charge in [0.15, 0.2) is 5.82 Å². The molecule has 1 aliphatic heterocycles. The van der Waals surface area contributed by atoms with Gasteiger partial charge in [-0.2, -0.15) is 0 Å². The standard InChI is InChI=1S/C25H28N4O/c1-17-5-9-21(10-6-17)23-26-20(4)19(3)24(27-23)28-13-15-29(16-14-28)25(30)22-11-7-18(2)8-12-22/h5-12H,13-16H2,1-4H3. The number of benzene rings is 2. The first-order valence-corrected chi connectivity index (χ1v) is 10.5. The van der Waals surface area contributed by atoms with Crippen molar-refractivity contribution in [2.24, 2.45) is 0 Å². The van der Waals surface area contributed by atoms with E-state index in [4.69, 9.17) is 9.97 Å². The van der Waals surface area contributed by atoms with E-state index in [2.05, 4.69) is 43.0 Å². The summed E-state index contributed by atoms with van der Waals surface area (Å²) in [5, 5.41) is 0. The van der Waals surface area contributed by atoms with E-state index in [0.717, 1.165) is 52.7 Å². The van der Waals surface area contributed by atoms with Crippen LogP contribution in [0.1, 0.15) is 32.7 Å². The summed E-state index contributed by atoms with van der Waals surface area (Å²) in [5.41, 5.74) is 6.26. The van der Waals surface area contributed by atoms with Crippen molar-refractivity contribution in [2.75, 3.05) is 31.1 Å². The molecular weight excluding hydrogens is 372 g/mol. The Morgan fingerprint density at radius 1 is 0.767 bits per heavy atom. The predicted molar refractivity (Wildman–Crippen MR) is 121 cm³/mol. The molecule has 5 heteroatoms. The largest absolute Gasteiger partial charge is 0.353 e. The van der Waals surface area contributed by atoms with Crippen LogP contribution in [0.15, 0.2) is 48.5 Å². The summed E-state index contributed by atoms with van der Waals surface area (Å²) in [7, 11) is 0. The number of piperazine rings is 1. The maximum absolute atomic E-state index is 12.8. The van der Waals surface area contributed by atoms with Crippen LogP contribution in [0.5, 0.6) is 0 Å². The van der Waals surface area contributed by atoms with Gasteiger partial charge in [0.2, 0.25) is 0 Å². The summed E-state index contributed by atoms with van der Waals surface area (Å²) < 4.78 is 0. The molecule has 0 aliphatic carbocycles. The molecule has 0 atom stereocenters. The molecule has 0 unspecified atom stereocenters. The Hall–Kier alpha value is -3.21. The van der Waals surface area contributed by atoms with Gasteiger partial charge in [0.1, 0.15) is 5.82 Å². The Balaban J connectivity index is 1.52. The molecule has 154 valence electrons. The lowest BCUT2D eigenvalue weighted by atomic mass is 10.1. The molecule has 2 aromatic carbocycles. The fourth-order valence-electron chi connectivity index (χ4n) is 3.75. The first kappa shape index (κ1) is 20.1. The zero-order valence-corrected chi connectivity index (χ0v) is 18.1. The number of rotatable bonds is 3. The molecule has 1 aliphatic rings. The molecule has 1 aromatic heterocycles. The van der Waals surface area contributed by atoms with Crippen molar-refractivity contribution >= 4 is 11.7 Å². The van der Waals surface area contributed by atoms with Crippen LogP contribution in [0.2, 0.25) is 0 Å². The lowest BCUT2D eigenvalue weighted by molar-refractivity contribution is 0.0746. The molecule has 2 heterocycles. The number of aryl methyl sites for hydroxylation is 3. The van der Waals surface area contributed by atoms with Gasteiger partial charge in [-0.25, -0.2) is 9.97 Å². The lowest BCUT2D eigenvalue weighted by Gasteiger charge is -2.36. The molecule has 3 aromatic rings. The van der Waals surface area contributed by atoms with E-state index in [9.17, 15) is 4.79 Å². The van der Waals surface area contributed by atoms with Crippen LogP contribution >= 0.6 is 0 Å². The topological polar surface area (TPSA) is 49.3 Å². The molecule has 5 nitrogen and oxygen atoms in total. The maximum atomic E-state index is 12.8. The fraction of sp³-hybridized carbons (Fsp3) is 0.320. The van der Waals surface area contributed by atoms with Crippen LogP contribution in [0.25, 0.3) is 11.4 Å². The normalized spacial score (nSPS) is 14.1. The van der Waals surface area contributed by atoms with E-state index in [1.165, 1.54) is 5.56 Å². The number of amides is 1. The molecule has 0 bridgehead atoms. The zero-order chi connectivity index (χ0) is 21.3. The highest BCUT2D eigenvalue weighted by Crippen LogP contribution is 2.26. The van der Waals surface area contributed by atoms with Crippen molar-refractivity contribution in [1.29, 1.82) is 0 Å². The Kier molecular flexibility index (Phi) is 5.53. The fourth-order valence-corrected chi connectivity index (χ4v) is 3.75. The third-order valence-corrected chi connectivity index (χ3v) is 5.84. The molecule has 4 rings (SSSR count). The monoisotopic (exact) mass is 400 g/mol. The van der Waals surface area contributed by atoms with Crippen LogP contribution in [0.3, 0.4) is 0 Å². The van der Waals surface area contributed by atoms with E-state index >= 15 is 0 Å². The smallest absolute Gasteiger partial charge is 0.253 e. The van der Waals surface area contributed by atoms with Crippen LogP contribution < -0.4 is 4.90 Å². The van der Waals surface area contributed by atoms with Crippen molar-refractivity contribution in [2.45, 2.75) is 27.7 Å². The minimum Gasteiger partial charge on any atom is -0.353 e. The second-order valence-electron chi connectivity index (χ2n) is 8.09. The number of hydrogen-bond acceptors (Lipinski definition) is 4. The lowest BCUT2D eigenvalue weighted by Crippen LogP contribution is -2.49. The van der Waals surface area contributed by atoms with Crippen molar-refractivity contribution in [3.63, 3.8) is 0 Å². The first-order valence-electron chi connectivity index (χ1n) is 10.5. The van der Waals surface area contributed by atoms with Crippen molar-refractivity contribution < 1.29 is 4.79 Å². The molecule has 30 heavy (non-hydrogen) atoms. The van der Waals surface area contributed by atoms with Crippen molar-refractivity contribution in [3.8, 4) is 11.4 Å². The van der Waals surface area contributed by atoms with Gasteiger partial charge in [-0.1, -0.05) is 47.5 Å². The number of nitrogens with zero attached hydrogens (tertiary/aromatic N) is 4. The van der Waals surface area contributed by atoms with E-state index < -0.39 is 0 Å². The van der Waals surface area contributed by atoms with Crippen molar-refractivity contribution in [3.05, 3.63) is 76.5 Å². The van der Waals surface area contributed by atoms with Gasteiger partial charge < -0.3 is 9.80 Å². The minimum absolute atomic E-state index is 0.102. The highest BCUT2D eigenvalue weighted by Gasteiger charge is 2.24. The summed E-state index contributed by atoms with van der Waals surface area (Å²) >= 11 is 0. The molecule has 1 fully saturated rings. The Morgan fingerprint density at radius 2 is 1.33 bits per heavy atom. The van der Waals surface area contributed by atoms with E-state index in [0.29, 0.717) is 13.1 Å². The van der Waals surface area contributed by atoms with Gasteiger partial charge in [-0.15, -0.1) is 0 Å². The minimum atomic E-state index is 0.102.